The molecule has 0 bridgehead atoms. The maximum atomic E-state index is 5.28. The van der Waals surface area contributed by atoms with Gasteiger partial charge in [0, 0.05) is 33.4 Å². The molecule has 110 valence electrons. The van der Waals surface area contributed by atoms with Crippen molar-refractivity contribution in [3.63, 3.8) is 0 Å². The number of methoxy groups -OCH3 is 2. The quantitative estimate of drug-likeness (QED) is 0.374. The lowest BCUT2D eigenvalue weighted by Gasteiger charge is -2.26. The van der Waals surface area contributed by atoms with E-state index in [1.807, 2.05) is 0 Å². The van der Waals surface area contributed by atoms with Crippen LogP contribution in [0.5, 0.6) is 0 Å². The third-order valence-electron chi connectivity index (χ3n) is 2.60. The van der Waals surface area contributed by atoms with Gasteiger partial charge in [-0.05, 0) is 26.7 Å². The molecule has 0 aromatic rings. The molecule has 0 atom stereocenters. The Bertz CT molecular complexity index is 153. The van der Waals surface area contributed by atoms with Crippen LogP contribution in [0.25, 0.3) is 0 Å². The number of hydrogen-bond donors (Lipinski definition) is 0. The third kappa shape index (κ3) is 10.9. The summed E-state index contributed by atoms with van der Waals surface area (Å²) in [6.45, 7) is 8.78. The van der Waals surface area contributed by atoms with Gasteiger partial charge in [-0.1, -0.05) is 0 Å². The lowest BCUT2D eigenvalue weighted by Crippen LogP contribution is -2.34. The molecule has 0 heterocycles. The minimum atomic E-state index is 0.381. The molecule has 0 unspecified atom stereocenters. The Hall–Kier alpha value is -0.200. The zero-order valence-corrected chi connectivity index (χ0v) is 12.3. The molecule has 0 saturated carbocycles. The van der Waals surface area contributed by atoms with E-state index >= 15 is 0 Å². The second-order valence-corrected chi connectivity index (χ2v) is 4.47. The van der Waals surface area contributed by atoms with Gasteiger partial charge in [0.1, 0.15) is 13.6 Å². The van der Waals surface area contributed by atoms with Crippen LogP contribution in [0.3, 0.4) is 0 Å². The SMILES string of the molecule is COCOCCCN(CCCOCOC)C(C)C. The zero-order valence-electron chi connectivity index (χ0n) is 12.3. The fourth-order valence-corrected chi connectivity index (χ4v) is 1.65. The first kappa shape index (κ1) is 17.8. The summed E-state index contributed by atoms with van der Waals surface area (Å²) in [5.74, 6) is 0. The largest absolute Gasteiger partial charge is 0.359 e. The molecule has 5 heteroatoms. The molecule has 0 aliphatic rings. The molecule has 0 N–H and O–H groups in total. The smallest absolute Gasteiger partial charge is 0.146 e. The Kier molecular flexibility index (Phi) is 13.1. The van der Waals surface area contributed by atoms with Crippen LogP contribution in [0, 0.1) is 0 Å². The van der Waals surface area contributed by atoms with Gasteiger partial charge < -0.3 is 23.8 Å². The van der Waals surface area contributed by atoms with Crippen LogP contribution in [0.1, 0.15) is 26.7 Å². The molecule has 0 rings (SSSR count). The molecule has 0 aromatic carbocycles. The number of nitrogens with zero attached hydrogens (tertiary/aromatic N) is 1. The van der Waals surface area contributed by atoms with Crippen molar-refractivity contribution >= 4 is 0 Å². The standard InChI is InChI=1S/C13H29NO4/c1-13(2)14(7-5-9-17-11-15-3)8-6-10-18-12-16-4/h13H,5-12H2,1-4H3. The van der Waals surface area contributed by atoms with E-state index in [1.54, 1.807) is 14.2 Å². The van der Waals surface area contributed by atoms with Gasteiger partial charge in [-0.25, -0.2) is 0 Å². The molecule has 0 spiro atoms. The molecule has 0 fully saturated rings. The summed E-state index contributed by atoms with van der Waals surface area (Å²) < 4.78 is 20.2. The van der Waals surface area contributed by atoms with Crippen LogP contribution in [0.4, 0.5) is 0 Å². The van der Waals surface area contributed by atoms with Crippen molar-refractivity contribution in [2.45, 2.75) is 32.7 Å². The summed E-state index contributed by atoms with van der Waals surface area (Å²) in [6, 6.07) is 0.551. The molecule has 18 heavy (non-hydrogen) atoms. The minimum Gasteiger partial charge on any atom is -0.359 e. The summed E-state index contributed by atoms with van der Waals surface area (Å²) in [4.78, 5) is 2.44. The van der Waals surface area contributed by atoms with E-state index < -0.39 is 0 Å². The maximum absolute atomic E-state index is 5.28. The summed E-state index contributed by atoms with van der Waals surface area (Å²) in [6.07, 6.45) is 2.06. The van der Waals surface area contributed by atoms with E-state index in [1.165, 1.54) is 0 Å². The first-order valence-corrected chi connectivity index (χ1v) is 6.59. The van der Waals surface area contributed by atoms with Crippen LogP contribution in [-0.4, -0.2) is 65.1 Å². The normalized spacial score (nSPS) is 11.7. The van der Waals surface area contributed by atoms with Crippen molar-refractivity contribution in [3.05, 3.63) is 0 Å². The number of rotatable bonds is 13. The van der Waals surface area contributed by atoms with Gasteiger partial charge in [0.2, 0.25) is 0 Å². The molecular formula is C13H29NO4. The summed E-state index contributed by atoms with van der Waals surface area (Å²) in [5, 5.41) is 0. The predicted octanol–water partition coefficient (Wildman–Crippen LogP) is 1.72. The summed E-state index contributed by atoms with van der Waals surface area (Å²) in [5.41, 5.74) is 0. The van der Waals surface area contributed by atoms with Gasteiger partial charge in [0.05, 0.1) is 13.2 Å². The highest BCUT2D eigenvalue weighted by molar-refractivity contribution is 4.62. The minimum absolute atomic E-state index is 0.381. The highest BCUT2D eigenvalue weighted by Gasteiger charge is 2.08. The first-order chi connectivity index (χ1) is 8.72. The number of hydrogen-bond acceptors (Lipinski definition) is 5. The second kappa shape index (κ2) is 13.2. The topological polar surface area (TPSA) is 40.2 Å². The molecule has 0 aliphatic carbocycles. The average Bonchev–Trinajstić information content (AvgIpc) is 2.35. The Morgan fingerprint density at radius 2 is 1.28 bits per heavy atom. The van der Waals surface area contributed by atoms with E-state index in [-0.39, 0.29) is 0 Å². The van der Waals surface area contributed by atoms with Gasteiger partial charge in [-0.15, -0.1) is 0 Å². The fraction of sp³-hybridized carbons (Fsp3) is 1.00. The van der Waals surface area contributed by atoms with Crippen LogP contribution < -0.4 is 0 Å². The molecule has 0 saturated heterocycles. The monoisotopic (exact) mass is 263 g/mol. The molecule has 0 radical (unpaired) electrons. The van der Waals surface area contributed by atoms with E-state index in [0.29, 0.717) is 19.6 Å². The summed E-state index contributed by atoms with van der Waals surface area (Å²) >= 11 is 0. The highest BCUT2D eigenvalue weighted by atomic mass is 16.7. The molecular weight excluding hydrogens is 234 g/mol. The lowest BCUT2D eigenvalue weighted by atomic mass is 10.2. The van der Waals surface area contributed by atoms with E-state index in [4.69, 9.17) is 18.9 Å². The van der Waals surface area contributed by atoms with Crippen LogP contribution in [0.2, 0.25) is 0 Å². The predicted molar refractivity (Wildman–Crippen MR) is 71.6 cm³/mol. The van der Waals surface area contributed by atoms with Gasteiger partial charge in [0.15, 0.2) is 0 Å². The van der Waals surface area contributed by atoms with Gasteiger partial charge >= 0.3 is 0 Å². The summed E-state index contributed by atoms with van der Waals surface area (Å²) in [7, 11) is 3.28. The average molecular weight is 263 g/mol. The zero-order chi connectivity index (χ0) is 13.6. The number of ether oxygens (including phenoxy) is 4. The van der Waals surface area contributed by atoms with E-state index in [9.17, 15) is 0 Å². The van der Waals surface area contributed by atoms with E-state index in [0.717, 1.165) is 39.1 Å². The van der Waals surface area contributed by atoms with Crippen molar-refractivity contribution in [2.75, 3.05) is 54.1 Å². The Labute approximate surface area is 111 Å². The van der Waals surface area contributed by atoms with Crippen molar-refractivity contribution < 1.29 is 18.9 Å². The maximum Gasteiger partial charge on any atom is 0.146 e. The molecule has 0 aliphatic heterocycles. The van der Waals surface area contributed by atoms with Gasteiger partial charge in [-0.3, -0.25) is 0 Å². The van der Waals surface area contributed by atoms with Gasteiger partial charge in [-0.2, -0.15) is 0 Å². The van der Waals surface area contributed by atoms with Crippen molar-refractivity contribution in [1.29, 1.82) is 0 Å². The van der Waals surface area contributed by atoms with Crippen molar-refractivity contribution in [1.82, 2.24) is 4.90 Å². The first-order valence-electron chi connectivity index (χ1n) is 6.59. The molecule has 0 aromatic heterocycles. The third-order valence-corrected chi connectivity index (χ3v) is 2.60. The van der Waals surface area contributed by atoms with Crippen LogP contribution in [-0.2, 0) is 18.9 Å². The van der Waals surface area contributed by atoms with Crippen LogP contribution in [0.15, 0.2) is 0 Å². The van der Waals surface area contributed by atoms with Gasteiger partial charge in [0.25, 0.3) is 0 Å². The van der Waals surface area contributed by atoms with Crippen molar-refractivity contribution in [2.24, 2.45) is 0 Å². The highest BCUT2D eigenvalue weighted by Crippen LogP contribution is 2.02. The lowest BCUT2D eigenvalue weighted by molar-refractivity contribution is -0.0367. The Morgan fingerprint density at radius 1 is 0.833 bits per heavy atom. The fourth-order valence-electron chi connectivity index (χ4n) is 1.65. The molecule has 0 amide bonds. The Balaban J connectivity index is 3.53. The van der Waals surface area contributed by atoms with Crippen molar-refractivity contribution in [3.8, 4) is 0 Å². The molecule has 5 nitrogen and oxygen atoms in total. The van der Waals surface area contributed by atoms with E-state index in [2.05, 4.69) is 18.7 Å². The Morgan fingerprint density at radius 3 is 1.61 bits per heavy atom. The van der Waals surface area contributed by atoms with Crippen LogP contribution >= 0.6 is 0 Å². The second-order valence-electron chi connectivity index (χ2n) is 4.47.